The normalized spacial score (nSPS) is 19.3. The Bertz CT molecular complexity index is 499. The Hall–Kier alpha value is -1.88. The van der Waals surface area contributed by atoms with Gasteiger partial charge in [-0.05, 0) is 43.1 Å². The Balaban J connectivity index is 2.34. The first-order valence-corrected chi connectivity index (χ1v) is 5.86. The lowest BCUT2D eigenvalue weighted by Gasteiger charge is -2.17. The van der Waals surface area contributed by atoms with E-state index < -0.39 is 5.97 Å². The smallest absolute Gasteiger partial charge is 0.335 e. The van der Waals surface area contributed by atoms with Crippen LogP contribution in [0, 0.1) is 12.8 Å². The number of hydrogen-bond acceptors (Lipinski definition) is 3. The first kappa shape index (κ1) is 12.6. The molecule has 1 unspecified atom stereocenters. The summed E-state index contributed by atoms with van der Waals surface area (Å²) in [5, 5.41) is 9.02. The van der Waals surface area contributed by atoms with Gasteiger partial charge in [-0.3, -0.25) is 4.79 Å². The number of nitrogens with two attached hydrogens (primary N) is 1. The predicted molar refractivity (Wildman–Crippen MR) is 67.7 cm³/mol. The Morgan fingerprint density at radius 1 is 1.50 bits per heavy atom. The van der Waals surface area contributed by atoms with Crippen LogP contribution in [0.2, 0.25) is 0 Å². The van der Waals surface area contributed by atoms with Gasteiger partial charge in [0.2, 0.25) is 5.91 Å². The number of aryl methyl sites for hydroxylation is 1. The van der Waals surface area contributed by atoms with Crippen molar-refractivity contribution in [1.29, 1.82) is 0 Å². The first-order chi connectivity index (χ1) is 8.51. The fourth-order valence-corrected chi connectivity index (χ4v) is 2.23. The van der Waals surface area contributed by atoms with Crippen LogP contribution >= 0.6 is 0 Å². The lowest BCUT2D eigenvalue weighted by Crippen LogP contribution is -2.26. The molecule has 1 atom stereocenters. The number of aromatic carboxylic acids is 1. The average molecular weight is 248 g/mol. The molecule has 0 spiro atoms. The molecule has 1 heterocycles. The molecule has 96 valence electrons. The summed E-state index contributed by atoms with van der Waals surface area (Å²) in [4.78, 5) is 24.5. The highest BCUT2D eigenvalue weighted by atomic mass is 16.4. The van der Waals surface area contributed by atoms with Gasteiger partial charge in [0.15, 0.2) is 0 Å². The van der Waals surface area contributed by atoms with Crippen molar-refractivity contribution in [2.75, 3.05) is 18.0 Å². The zero-order chi connectivity index (χ0) is 13.3. The summed E-state index contributed by atoms with van der Waals surface area (Å²) in [5.74, 6) is -0.819. The molecule has 0 saturated carbocycles. The second kappa shape index (κ2) is 4.78. The SMILES string of the molecule is Cc1cc(C(=O)O)cc(N2CC(CN)CC2=O)c1. The Morgan fingerprint density at radius 2 is 2.22 bits per heavy atom. The summed E-state index contributed by atoms with van der Waals surface area (Å²) in [5.41, 5.74) is 7.25. The standard InChI is InChI=1S/C13H16N2O3/c1-8-2-10(13(17)18)5-11(3-8)15-7-9(6-14)4-12(15)16/h2-3,5,9H,4,6-7,14H2,1H3,(H,17,18). The van der Waals surface area contributed by atoms with Crippen molar-refractivity contribution in [2.45, 2.75) is 13.3 Å². The van der Waals surface area contributed by atoms with E-state index in [0.29, 0.717) is 25.2 Å². The van der Waals surface area contributed by atoms with Crippen LogP contribution in [0.4, 0.5) is 5.69 Å². The molecule has 1 saturated heterocycles. The van der Waals surface area contributed by atoms with Gasteiger partial charge in [0.05, 0.1) is 5.56 Å². The van der Waals surface area contributed by atoms with E-state index in [0.717, 1.165) is 5.56 Å². The van der Waals surface area contributed by atoms with Crippen molar-refractivity contribution in [3.05, 3.63) is 29.3 Å². The molecule has 1 amide bonds. The van der Waals surface area contributed by atoms with Crippen molar-refractivity contribution in [3.63, 3.8) is 0 Å². The highest BCUT2D eigenvalue weighted by Crippen LogP contribution is 2.26. The molecule has 0 aromatic heterocycles. The van der Waals surface area contributed by atoms with Crippen LogP contribution in [0.1, 0.15) is 22.3 Å². The van der Waals surface area contributed by atoms with Crippen LogP contribution in [0.5, 0.6) is 0 Å². The lowest BCUT2D eigenvalue weighted by molar-refractivity contribution is -0.117. The first-order valence-electron chi connectivity index (χ1n) is 5.86. The molecular formula is C13H16N2O3. The van der Waals surface area contributed by atoms with Gasteiger partial charge >= 0.3 is 5.97 Å². The quantitative estimate of drug-likeness (QED) is 0.836. The highest BCUT2D eigenvalue weighted by molar-refractivity contribution is 5.97. The van der Waals surface area contributed by atoms with E-state index >= 15 is 0 Å². The van der Waals surface area contributed by atoms with Crippen molar-refractivity contribution in [2.24, 2.45) is 11.7 Å². The molecule has 1 aliphatic rings. The number of hydrogen-bond donors (Lipinski definition) is 2. The van der Waals surface area contributed by atoms with E-state index in [9.17, 15) is 9.59 Å². The molecule has 1 aliphatic heterocycles. The maximum atomic E-state index is 11.9. The van der Waals surface area contributed by atoms with E-state index in [2.05, 4.69) is 0 Å². The minimum absolute atomic E-state index is 0.00684. The zero-order valence-electron chi connectivity index (χ0n) is 10.2. The molecule has 0 radical (unpaired) electrons. The number of carboxylic acid groups (broad SMARTS) is 1. The number of rotatable bonds is 3. The minimum Gasteiger partial charge on any atom is -0.478 e. The monoisotopic (exact) mass is 248 g/mol. The van der Waals surface area contributed by atoms with Crippen LogP contribution in [0.3, 0.4) is 0 Å². The van der Waals surface area contributed by atoms with Gasteiger partial charge in [-0.2, -0.15) is 0 Å². The number of anilines is 1. The molecule has 0 bridgehead atoms. The third-order valence-corrected chi connectivity index (χ3v) is 3.16. The number of benzene rings is 1. The lowest BCUT2D eigenvalue weighted by atomic mass is 10.1. The molecule has 2 rings (SSSR count). The maximum Gasteiger partial charge on any atom is 0.335 e. The molecule has 1 fully saturated rings. The molecule has 1 aromatic carbocycles. The van der Waals surface area contributed by atoms with Gasteiger partial charge in [-0.1, -0.05) is 0 Å². The van der Waals surface area contributed by atoms with E-state index in [1.165, 1.54) is 6.07 Å². The number of amides is 1. The van der Waals surface area contributed by atoms with Crippen LogP contribution in [-0.2, 0) is 4.79 Å². The highest BCUT2D eigenvalue weighted by Gasteiger charge is 2.30. The fraction of sp³-hybridized carbons (Fsp3) is 0.385. The summed E-state index contributed by atoms with van der Waals surface area (Å²) >= 11 is 0. The van der Waals surface area contributed by atoms with Gasteiger partial charge in [0.25, 0.3) is 0 Å². The van der Waals surface area contributed by atoms with Gasteiger partial charge in [-0.25, -0.2) is 4.79 Å². The van der Waals surface area contributed by atoms with E-state index in [1.807, 2.05) is 13.0 Å². The molecular weight excluding hydrogens is 232 g/mol. The predicted octanol–water partition coefficient (Wildman–Crippen LogP) is 1.00. The summed E-state index contributed by atoms with van der Waals surface area (Å²) < 4.78 is 0. The molecule has 3 N–H and O–H groups in total. The molecule has 5 nitrogen and oxygen atoms in total. The number of carboxylic acids is 1. The average Bonchev–Trinajstić information content (AvgIpc) is 2.69. The molecule has 1 aromatic rings. The summed E-state index contributed by atoms with van der Waals surface area (Å²) in [7, 11) is 0. The third-order valence-electron chi connectivity index (χ3n) is 3.16. The minimum atomic E-state index is -0.984. The van der Waals surface area contributed by atoms with Gasteiger partial charge in [-0.15, -0.1) is 0 Å². The Labute approximate surface area is 105 Å². The van der Waals surface area contributed by atoms with Gasteiger partial charge < -0.3 is 15.7 Å². The Morgan fingerprint density at radius 3 is 2.78 bits per heavy atom. The van der Waals surface area contributed by atoms with Crippen LogP contribution < -0.4 is 10.6 Å². The number of carbonyl (C=O) groups excluding carboxylic acids is 1. The summed E-state index contributed by atoms with van der Waals surface area (Å²) in [6.45, 7) is 2.86. The van der Waals surface area contributed by atoms with Crippen molar-refractivity contribution in [1.82, 2.24) is 0 Å². The molecule has 5 heteroatoms. The fourth-order valence-electron chi connectivity index (χ4n) is 2.23. The zero-order valence-corrected chi connectivity index (χ0v) is 10.2. The third kappa shape index (κ3) is 2.36. The van der Waals surface area contributed by atoms with Crippen LogP contribution in [0.25, 0.3) is 0 Å². The number of carbonyl (C=O) groups is 2. The van der Waals surface area contributed by atoms with Crippen LogP contribution in [-0.4, -0.2) is 30.1 Å². The van der Waals surface area contributed by atoms with Gasteiger partial charge in [0.1, 0.15) is 0 Å². The molecule has 0 aliphatic carbocycles. The van der Waals surface area contributed by atoms with Gasteiger partial charge in [0, 0.05) is 18.7 Å². The van der Waals surface area contributed by atoms with Crippen molar-refractivity contribution >= 4 is 17.6 Å². The van der Waals surface area contributed by atoms with E-state index in [-0.39, 0.29) is 17.4 Å². The largest absolute Gasteiger partial charge is 0.478 e. The van der Waals surface area contributed by atoms with Crippen molar-refractivity contribution in [3.8, 4) is 0 Å². The van der Waals surface area contributed by atoms with Crippen LogP contribution in [0.15, 0.2) is 18.2 Å². The topological polar surface area (TPSA) is 83.6 Å². The van der Waals surface area contributed by atoms with Crippen molar-refractivity contribution < 1.29 is 14.7 Å². The van der Waals surface area contributed by atoms with E-state index in [4.69, 9.17) is 10.8 Å². The summed E-state index contributed by atoms with van der Waals surface area (Å²) in [6, 6.07) is 4.95. The molecule has 18 heavy (non-hydrogen) atoms. The maximum absolute atomic E-state index is 11.9. The number of nitrogens with zero attached hydrogens (tertiary/aromatic N) is 1. The summed E-state index contributed by atoms with van der Waals surface area (Å²) in [6.07, 6.45) is 0.437. The second-order valence-electron chi connectivity index (χ2n) is 4.67. The van der Waals surface area contributed by atoms with E-state index in [1.54, 1.807) is 11.0 Å². The second-order valence-corrected chi connectivity index (χ2v) is 4.67. The Kier molecular flexibility index (Phi) is 3.34.